The summed E-state index contributed by atoms with van der Waals surface area (Å²) in [7, 11) is 1.61. The first kappa shape index (κ1) is 13.3. The molecular formula is C13H18N2O2. The minimum Gasteiger partial charge on any atom is -0.497 e. The van der Waals surface area contributed by atoms with Gasteiger partial charge in [0.15, 0.2) is 0 Å². The van der Waals surface area contributed by atoms with Crippen molar-refractivity contribution in [3.05, 3.63) is 24.3 Å². The normalized spacial score (nSPS) is 11.6. The summed E-state index contributed by atoms with van der Waals surface area (Å²) in [4.78, 5) is 0. The SMILES string of the molecule is CCCNC(C#N)COc1cccc(OC)c1. The predicted molar refractivity (Wildman–Crippen MR) is 66.2 cm³/mol. The molecule has 0 fully saturated rings. The van der Waals surface area contributed by atoms with Crippen LogP contribution in [0.1, 0.15) is 13.3 Å². The Balaban J connectivity index is 2.45. The highest BCUT2D eigenvalue weighted by Crippen LogP contribution is 2.18. The van der Waals surface area contributed by atoms with E-state index in [2.05, 4.69) is 18.3 Å². The number of ether oxygens (including phenoxy) is 2. The van der Waals surface area contributed by atoms with Gasteiger partial charge in [0.2, 0.25) is 0 Å². The lowest BCUT2D eigenvalue weighted by Gasteiger charge is -2.12. The largest absolute Gasteiger partial charge is 0.497 e. The summed E-state index contributed by atoms with van der Waals surface area (Å²) in [5.41, 5.74) is 0. The van der Waals surface area contributed by atoms with E-state index in [0.29, 0.717) is 12.4 Å². The van der Waals surface area contributed by atoms with Crippen molar-refractivity contribution in [3.63, 3.8) is 0 Å². The molecule has 0 aromatic heterocycles. The van der Waals surface area contributed by atoms with Crippen molar-refractivity contribution in [3.8, 4) is 17.6 Å². The molecule has 1 unspecified atom stereocenters. The first-order chi connectivity index (χ1) is 8.30. The van der Waals surface area contributed by atoms with E-state index in [4.69, 9.17) is 14.7 Å². The highest BCUT2D eigenvalue weighted by Gasteiger charge is 2.06. The Hall–Kier alpha value is -1.73. The molecule has 17 heavy (non-hydrogen) atoms. The zero-order valence-corrected chi connectivity index (χ0v) is 10.3. The van der Waals surface area contributed by atoms with Crippen LogP contribution in [0.25, 0.3) is 0 Å². The van der Waals surface area contributed by atoms with E-state index in [1.807, 2.05) is 18.2 Å². The third kappa shape index (κ3) is 4.75. The minimum absolute atomic E-state index is 0.277. The van der Waals surface area contributed by atoms with Gasteiger partial charge in [-0.3, -0.25) is 5.32 Å². The molecule has 0 aliphatic carbocycles. The Kier molecular flexibility index (Phi) is 5.91. The van der Waals surface area contributed by atoms with Crippen molar-refractivity contribution < 1.29 is 9.47 Å². The van der Waals surface area contributed by atoms with Crippen molar-refractivity contribution in [1.29, 1.82) is 5.26 Å². The van der Waals surface area contributed by atoms with Crippen LogP contribution < -0.4 is 14.8 Å². The fourth-order valence-corrected chi connectivity index (χ4v) is 1.33. The molecule has 1 N–H and O–H groups in total. The zero-order chi connectivity index (χ0) is 12.5. The Labute approximate surface area is 102 Å². The highest BCUT2D eigenvalue weighted by molar-refractivity contribution is 5.32. The summed E-state index contributed by atoms with van der Waals surface area (Å²) >= 11 is 0. The van der Waals surface area contributed by atoms with Crippen molar-refractivity contribution >= 4 is 0 Å². The van der Waals surface area contributed by atoms with Crippen molar-refractivity contribution in [2.75, 3.05) is 20.3 Å². The predicted octanol–water partition coefficient (Wildman–Crippen LogP) is 1.97. The molecule has 0 saturated carbocycles. The number of nitrogens with one attached hydrogen (secondary N) is 1. The summed E-state index contributed by atoms with van der Waals surface area (Å²) in [5.74, 6) is 1.46. The monoisotopic (exact) mass is 234 g/mol. The van der Waals surface area contributed by atoms with Gasteiger partial charge in [0.25, 0.3) is 0 Å². The fraction of sp³-hybridized carbons (Fsp3) is 0.462. The minimum atomic E-state index is -0.277. The molecular weight excluding hydrogens is 216 g/mol. The second-order valence-corrected chi connectivity index (χ2v) is 3.63. The van der Waals surface area contributed by atoms with E-state index in [1.165, 1.54) is 0 Å². The van der Waals surface area contributed by atoms with Gasteiger partial charge in [0.1, 0.15) is 24.1 Å². The highest BCUT2D eigenvalue weighted by atomic mass is 16.5. The third-order valence-electron chi connectivity index (χ3n) is 2.25. The van der Waals surface area contributed by atoms with E-state index in [9.17, 15) is 0 Å². The van der Waals surface area contributed by atoms with Crippen LogP contribution in [0.3, 0.4) is 0 Å². The molecule has 0 saturated heterocycles. The van der Waals surface area contributed by atoms with E-state index in [-0.39, 0.29) is 6.04 Å². The lowest BCUT2D eigenvalue weighted by Crippen LogP contribution is -2.33. The Bertz CT molecular complexity index is 374. The van der Waals surface area contributed by atoms with Gasteiger partial charge < -0.3 is 9.47 Å². The molecule has 4 nitrogen and oxygen atoms in total. The lowest BCUT2D eigenvalue weighted by molar-refractivity contribution is 0.287. The summed E-state index contributed by atoms with van der Waals surface area (Å²) in [6.45, 7) is 3.22. The molecule has 1 atom stereocenters. The molecule has 4 heteroatoms. The van der Waals surface area contributed by atoms with Crippen LogP contribution in [0.2, 0.25) is 0 Å². The van der Waals surface area contributed by atoms with Crippen LogP contribution in [-0.4, -0.2) is 26.3 Å². The van der Waals surface area contributed by atoms with Gasteiger partial charge in [-0.1, -0.05) is 13.0 Å². The van der Waals surface area contributed by atoms with Crippen molar-refractivity contribution in [2.24, 2.45) is 0 Å². The number of hydrogen-bond donors (Lipinski definition) is 1. The van der Waals surface area contributed by atoms with Crippen LogP contribution in [0.15, 0.2) is 24.3 Å². The van der Waals surface area contributed by atoms with Gasteiger partial charge in [0, 0.05) is 6.07 Å². The number of nitrogens with zero attached hydrogens (tertiary/aromatic N) is 1. The third-order valence-corrected chi connectivity index (χ3v) is 2.25. The Morgan fingerprint density at radius 2 is 2.18 bits per heavy atom. The summed E-state index contributed by atoms with van der Waals surface area (Å²) in [6, 6.07) is 9.24. The maximum atomic E-state index is 8.91. The molecule has 1 aromatic rings. The average Bonchev–Trinajstić information content (AvgIpc) is 2.39. The molecule has 0 bridgehead atoms. The first-order valence-electron chi connectivity index (χ1n) is 5.70. The zero-order valence-electron chi connectivity index (χ0n) is 10.3. The van der Waals surface area contributed by atoms with Crippen LogP contribution in [0.4, 0.5) is 0 Å². The molecule has 1 aromatic carbocycles. The maximum absolute atomic E-state index is 8.91. The van der Waals surface area contributed by atoms with Crippen molar-refractivity contribution in [1.82, 2.24) is 5.32 Å². The number of hydrogen-bond acceptors (Lipinski definition) is 4. The molecule has 0 radical (unpaired) electrons. The number of rotatable bonds is 7. The number of benzene rings is 1. The smallest absolute Gasteiger partial charge is 0.130 e. The van der Waals surface area contributed by atoms with Crippen LogP contribution in [-0.2, 0) is 0 Å². The number of nitriles is 1. The van der Waals surface area contributed by atoms with Gasteiger partial charge in [-0.25, -0.2) is 0 Å². The molecule has 0 heterocycles. The van der Waals surface area contributed by atoms with Gasteiger partial charge >= 0.3 is 0 Å². The first-order valence-corrected chi connectivity index (χ1v) is 5.70. The van der Waals surface area contributed by atoms with Gasteiger partial charge in [-0.05, 0) is 25.1 Å². The summed E-state index contributed by atoms with van der Waals surface area (Å²) in [6.07, 6.45) is 0.997. The second kappa shape index (κ2) is 7.53. The quantitative estimate of drug-likeness (QED) is 0.783. The average molecular weight is 234 g/mol. The van der Waals surface area contributed by atoms with Gasteiger partial charge in [-0.15, -0.1) is 0 Å². The maximum Gasteiger partial charge on any atom is 0.130 e. The molecule has 0 aliphatic rings. The lowest BCUT2D eigenvalue weighted by atomic mass is 10.3. The van der Waals surface area contributed by atoms with Crippen molar-refractivity contribution in [2.45, 2.75) is 19.4 Å². The van der Waals surface area contributed by atoms with E-state index in [1.54, 1.807) is 13.2 Å². The summed E-state index contributed by atoms with van der Waals surface area (Å²) in [5, 5.41) is 12.0. The molecule has 0 spiro atoms. The van der Waals surface area contributed by atoms with Crippen LogP contribution in [0.5, 0.6) is 11.5 Å². The standard InChI is InChI=1S/C13H18N2O2/c1-3-7-15-11(9-14)10-17-13-6-4-5-12(8-13)16-2/h4-6,8,11,15H,3,7,10H2,1-2H3. The topological polar surface area (TPSA) is 54.3 Å². The molecule has 0 amide bonds. The van der Waals surface area contributed by atoms with Crippen LogP contribution >= 0.6 is 0 Å². The Morgan fingerprint density at radius 1 is 1.41 bits per heavy atom. The Morgan fingerprint density at radius 3 is 2.82 bits per heavy atom. The van der Waals surface area contributed by atoms with E-state index >= 15 is 0 Å². The summed E-state index contributed by atoms with van der Waals surface area (Å²) < 4.78 is 10.6. The van der Waals surface area contributed by atoms with E-state index < -0.39 is 0 Å². The molecule has 1 rings (SSSR count). The number of methoxy groups -OCH3 is 1. The van der Waals surface area contributed by atoms with Gasteiger partial charge in [0.05, 0.1) is 13.2 Å². The molecule has 0 aliphatic heterocycles. The van der Waals surface area contributed by atoms with E-state index in [0.717, 1.165) is 18.7 Å². The second-order valence-electron chi connectivity index (χ2n) is 3.63. The van der Waals surface area contributed by atoms with Crippen LogP contribution in [0, 0.1) is 11.3 Å². The van der Waals surface area contributed by atoms with Gasteiger partial charge in [-0.2, -0.15) is 5.26 Å². The molecule has 92 valence electrons. The fourth-order valence-electron chi connectivity index (χ4n) is 1.33.